The maximum Gasteiger partial charge on any atom is 0.0685 e. The third kappa shape index (κ3) is 2.73. The Morgan fingerprint density at radius 3 is 2.94 bits per heavy atom. The van der Waals surface area contributed by atoms with E-state index >= 15 is 0 Å². The van der Waals surface area contributed by atoms with Crippen LogP contribution in [-0.2, 0) is 4.74 Å². The molecule has 0 bridgehead atoms. The van der Waals surface area contributed by atoms with Crippen molar-refractivity contribution >= 4 is 11.8 Å². The molecule has 16 heavy (non-hydrogen) atoms. The van der Waals surface area contributed by atoms with E-state index in [1.165, 1.54) is 37.9 Å². The van der Waals surface area contributed by atoms with Crippen LogP contribution in [0.1, 0.15) is 39.0 Å². The predicted octanol–water partition coefficient (Wildman–Crippen LogP) is 1.92. The highest BCUT2D eigenvalue weighted by Crippen LogP contribution is 2.45. The molecule has 0 aromatic carbocycles. The van der Waals surface area contributed by atoms with Crippen LogP contribution in [0, 0.1) is 5.92 Å². The van der Waals surface area contributed by atoms with Gasteiger partial charge in [-0.2, -0.15) is 11.8 Å². The molecule has 0 radical (unpaired) electrons. The molecular weight excluding hydrogens is 220 g/mol. The van der Waals surface area contributed by atoms with Crippen molar-refractivity contribution in [2.24, 2.45) is 11.8 Å². The fourth-order valence-corrected chi connectivity index (χ4v) is 3.75. The normalized spacial score (nSPS) is 30.0. The second-order valence-corrected chi connectivity index (χ2v) is 6.39. The molecule has 2 rings (SSSR count). The topological polar surface area (TPSA) is 47.3 Å². The molecule has 1 saturated carbocycles. The van der Waals surface area contributed by atoms with Gasteiger partial charge in [0, 0.05) is 18.4 Å². The minimum absolute atomic E-state index is 0.245. The van der Waals surface area contributed by atoms with E-state index in [0.717, 1.165) is 12.4 Å². The first kappa shape index (κ1) is 12.7. The minimum atomic E-state index is 0.245. The fourth-order valence-electron chi connectivity index (χ4n) is 2.89. The Hall–Kier alpha value is 0.230. The zero-order chi connectivity index (χ0) is 11.4. The summed E-state index contributed by atoms with van der Waals surface area (Å²) >= 11 is 1.98. The zero-order valence-electron chi connectivity index (χ0n) is 10.2. The van der Waals surface area contributed by atoms with Gasteiger partial charge in [0.05, 0.1) is 5.60 Å². The van der Waals surface area contributed by atoms with E-state index in [-0.39, 0.29) is 5.60 Å². The van der Waals surface area contributed by atoms with Gasteiger partial charge in [-0.15, -0.1) is 0 Å². The van der Waals surface area contributed by atoms with Crippen molar-refractivity contribution in [3.63, 3.8) is 0 Å². The Bertz CT molecular complexity index is 221. The highest BCUT2D eigenvalue weighted by molar-refractivity contribution is 7.99. The van der Waals surface area contributed by atoms with Crippen LogP contribution in [0.25, 0.3) is 0 Å². The van der Waals surface area contributed by atoms with Crippen molar-refractivity contribution in [2.75, 3.05) is 18.1 Å². The molecule has 2 unspecified atom stereocenters. The summed E-state index contributed by atoms with van der Waals surface area (Å²) in [6.07, 6.45) is 6.26. The standard InChI is InChI=1S/C12H24N2OS/c1-2-16-9-11(14-13)10-4-7-15-12(8-10)5-3-6-12/h10-11,14H,2-9,13H2,1H3. The Labute approximate surface area is 103 Å². The van der Waals surface area contributed by atoms with Crippen LogP contribution in [0.4, 0.5) is 0 Å². The molecule has 2 atom stereocenters. The predicted molar refractivity (Wildman–Crippen MR) is 69.4 cm³/mol. The first-order chi connectivity index (χ1) is 7.79. The van der Waals surface area contributed by atoms with Crippen LogP contribution in [-0.4, -0.2) is 29.8 Å². The second kappa shape index (κ2) is 5.71. The lowest BCUT2D eigenvalue weighted by Crippen LogP contribution is -2.52. The molecule has 0 aromatic heterocycles. The Morgan fingerprint density at radius 2 is 2.38 bits per heavy atom. The minimum Gasteiger partial charge on any atom is -0.375 e. The van der Waals surface area contributed by atoms with Crippen LogP contribution in [0.3, 0.4) is 0 Å². The summed E-state index contributed by atoms with van der Waals surface area (Å²) in [5.74, 6) is 8.70. The van der Waals surface area contributed by atoms with Crippen molar-refractivity contribution in [2.45, 2.75) is 50.7 Å². The van der Waals surface area contributed by atoms with E-state index in [0.29, 0.717) is 12.0 Å². The molecule has 1 saturated heterocycles. The molecule has 2 fully saturated rings. The number of hydrogen-bond acceptors (Lipinski definition) is 4. The Morgan fingerprint density at radius 1 is 1.56 bits per heavy atom. The lowest BCUT2D eigenvalue weighted by molar-refractivity contribution is -0.146. The number of thioether (sulfide) groups is 1. The van der Waals surface area contributed by atoms with Gasteiger partial charge in [-0.1, -0.05) is 6.92 Å². The van der Waals surface area contributed by atoms with Gasteiger partial charge in [-0.05, 0) is 43.8 Å². The molecular formula is C12H24N2OS. The fraction of sp³-hybridized carbons (Fsp3) is 1.00. The van der Waals surface area contributed by atoms with E-state index < -0.39 is 0 Å². The Kier molecular flexibility index (Phi) is 4.53. The molecule has 0 aromatic rings. The molecule has 3 nitrogen and oxygen atoms in total. The average molecular weight is 244 g/mol. The van der Waals surface area contributed by atoms with Gasteiger partial charge < -0.3 is 4.74 Å². The number of hydrogen-bond donors (Lipinski definition) is 2. The van der Waals surface area contributed by atoms with Crippen molar-refractivity contribution in [3.05, 3.63) is 0 Å². The first-order valence-electron chi connectivity index (χ1n) is 6.47. The summed E-state index contributed by atoms with van der Waals surface area (Å²) in [5.41, 5.74) is 3.26. The summed E-state index contributed by atoms with van der Waals surface area (Å²) < 4.78 is 5.96. The lowest BCUT2D eigenvalue weighted by atomic mass is 9.70. The Balaban J connectivity index is 1.86. The van der Waals surface area contributed by atoms with Gasteiger partial charge in [0.1, 0.15) is 0 Å². The highest BCUT2D eigenvalue weighted by Gasteiger charge is 2.44. The summed E-state index contributed by atoms with van der Waals surface area (Å²) in [5, 5.41) is 0. The van der Waals surface area contributed by atoms with E-state index in [1.807, 2.05) is 11.8 Å². The summed E-state index contributed by atoms with van der Waals surface area (Å²) in [6, 6.07) is 0.464. The van der Waals surface area contributed by atoms with E-state index in [9.17, 15) is 0 Å². The lowest BCUT2D eigenvalue weighted by Gasteiger charge is -2.48. The quantitative estimate of drug-likeness (QED) is 0.573. The number of hydrazine groups is 1. The second-order valence-electron chi connectivity index (χ2n) is 5.07. The van der Waals surface area contributed by atoms with Crippen molar-refractivity contribution in [1.29, 1.82) is 0 Å². The average Bonchev–Trinajstić information content (AvgIpc) is 2.28. The number of rotatable bonds is 5. The van der Waals surface area contributed by atoms with Gasteiger partial charge in [0.15, 0.2) is 0 Å². The van der Waals surface area contributed by atoms with Gasteiger partial charge in [-0.3, -0.25) is 11.3 Å². The molecule has 1 heterocycles. The summed E-state index contributed by atoms with van der Waals surface area (Å²) in [7, 11) is 0. The van der Waals surface area contributed by atoms with Crippen LogP contribution >= 0.6 is 11.8 Å². The van der Waals surface area contributed by atoms with Crippen LogP contribution in [0.2, 0.25) is 0 Å². The zero-order valence-corrected chi connectivity index (χ0v) is 11.0. The molecule has 1 aliphatic heterocycles. The van der Waals surface area contributed by atoms with Gasteiger partial charge in [-0.25, -0.2) is 0 Å². The number of nitrogens with one attached hydrogen (secondary N) is 1. The van der Waals surface area contributed by atoms with E-state index in [2.05, 4.69) is 12.3 Å². The third-order valence-electron chi connectivity index (χ3n) is 4.08. The van der Waals surface area contributed by atoms with Gasteiger partial charge in [0.25, 0.3) is 0 Å². The van der Waals surface area contributed by atoms with E-state index in [4.69, 9.17) is 10.6 Å². The largest absolute Gasteiger partial charge is 0.375 e. The first-order valence-corrected chi connectivity index (χ1v) is 7.63. The third-order valence-corrected chi connectivity index (χ3v) is 5.08. The molecule has 1 aliphatic carbocycles. The molecule has 0 amide bonds. The molecule has 3 N–H and O–H groups in total. The number of ether oxygens (including phenoxy) is 1. The van der Waals surface area contributed by atoms with Crippen LogP contribution in [0.5, 0.6) is 0 Å². The highest BCUT2D eigenvalue weighted by atomic mass is 32.2. The van der Waals surface area contributed by atoms with Crippen molar-refractivity contribution in [3.8, 4) is 0 Å². The maximum atomic E-state index is 5.96. The van der Waals surface area contributed by atoms with E-state index in [1.54, 1.807) is 0 Å². The van der Waals surface area contributed by atoms with Crippen molar-refractivity contribution in [1.82, 2.24) is 5.43 Å². The van der Waals surface area contributed by atoms with Gasteiger partial charge in [0.2, 0.25) is 0 Å². The SMILES string of the molecule is CCSCC(NN)C1CCOC2(CCC2)C1. The molecule has 94 valence electrons. The molecule has 1 spiro atoms. The monoisotopic (exact) mass is 244 g/mol. The van der Waals surface area contributed by atoms with Crippen LogP contribution < -0.4 is 11.3 Å². The van der Waals surface area contributed by atoms with Gasteiger partial charge >= 0.3 is 0 Å². The van der Waals surface area contributed by atoms with Crippen molar-refractivity contribution < 1.29 is 4.74 Å². The molecule has 4 heteroatoms. The maximum absolute atomic E-state index is 5.96. The summed E-state index contributed by atoms with van der Waals surface area (Å²) in [4.78, 5) is 0. The number of nitrogens with two attached hydrogens (primary N) is 1. The summed E-state index contributed by atoms with van der Waals surface area (Å²) in [6.45, 7) is 3.13. The molecule has 2 aliphatic rings. The smallest absolute Gasteiger partial charge is 0.0685 e. The van der Waals surface area contributed by atoms with Crippen LogP contribution in [0.15, 0.2) is 0 Å².